The van der Waals surface area contributed by atoms with Crippen molar-refractivity contribution >= 4 is 34.9 Å². The van der Waals surface area contributed by atoms with Gasteiger partial charge in [0.25, 0.3) is 0 Å². The van der Waals surface area contributed by atoms with Crippen LogP contribution in [0.5, 0.6) is 0 Å². The topological polar surface area (TPSA) is 59.0 Å². The third kappa shape index (κ3) is 3.19. The minimum atomic E-state index is 0. The number of carbonyl (C=O) groups excluding carboxylic acids is 1. The molecule has 1 aromatic carbocycles. The average molecular weight is 309 g/mol. The van der Waals surface area contributed by atoms with E-state index in [1.54, 1.807) is 0 Å². The lowest BCUT2D eigenvalue weighted by Crippen LogP contribution is -2.24. The summed E-state index contributed by atoms with van der Waals surface area (Å²) in [5.41, 5.74) is 1.90. The summed E-state index contributed by atoms with van der Waals surface area (Å²) >= 11 is 0. The second-order valence-electron chi connectivity index (χ2n) is 5.64. The lowest BCUT2D eigenvalue weighted by atomic mass is 10.1. The Morgan fingerprint density at radius 3 is 2.95 bits per heavy atom. The summed E-state index contributed by atoms with van der Waals surface area (Å²) in [4.78, 5) is 12.1. The zero-order valence-corrected chi connectivity index (χ0v) is 13.1. The molecule has 2 aromatic rings. The second-order valence-corrected chi connectivity index (χ2v) is 5.64. The molecule has 1 aliphatic rings. The Morgan fingerprint density at radius 1 is 1.48 bits per heavy atom. The van der Waals surface area contributed by atoms with Gasteiger partial charge in [-0.3, -0.25) is 9.48 Å². The molecule has 2 N–H and O–H groups in total. The third-order valence-electron chi connectivity index (χ3n) is 3.79. The van der Waals surface area contributed by atoms with Crippen LogP contribution in [0.4, 0.5) is 5.69 Å². The van der Waals surface area contributed by atoms with E-state index in [1.807, 2.05) is 29.1 Å². The number of benzene rings is 1. The van der Waals surface area contributed by atoms with Gasteiger partial charge in [0.05, 0.1) is 17.6 Å². The molecule has 0 radical (unpaired) electrons. The van der Waals surface area contributed by atoms with Crippen LogP contribution in [-0.2, 0) is 4.79 Å². The Hall–Kier alpha value is -1.59. The van der Waals surface area contributed by atoms with Crippen molar-refractivity contribution in [1.29, 1.82) is 0 Å². The molecule has 6 heteroatoms. The van der Waals surface area contributed by atoms with Crippen LogP contribution in [0, 0.1) is 5.92 Å². The molecule has 1 unspecified atom stereocenters. The molecule has 0 bridgehead atoms. The van der Waals surface area contributed by atoms with Gasteiger partial charge in [-0.25, -0.2) is 0 Å². The van der Waals surface area contributed by atoms with Gasteiger partial charge in [-0.2, -0.15) is 5.10 Å². The first-order valence-corrected chi connectivity index (χ1v) is 7.14. The van der Waals surface area contributed by atoms with Gasteiger partial charge in [0.2, 0.25) is 5.91 Å². The van der Waals surface area contributed by atoms with Crippen molar-refractivity contribution in [3.05, 3.63) is 24.4 Å². The number of rotatable bonds is 3. The summed E-state index contributed by atoms with van der Waals surface area (Å²) in [6, 6.07) is 6.25. The van der Waals surface area contributed by atoms with Crippen LogP contribution < -0.4 is 10.6 Å². The fraction of sp³-hybridized carbons (Fsp3) is 0.467. The smallest absolute Gasteiger partial charge is 0.228 e. The third-order valence-corrected chi connectivity index (χ3v) is 3.79. The highest BCUT2D eigenvalue weighted by atomic mass is 35.5. The van der Waals surface area contributed by atoms with Gasteiger partial charge in [-0.05, 0) is 45.0 Å². The van der Waals surface area contributed by atoms with E-state index >= 15 is 0 Å². The van der Waals surface area contributed by atoms with Crippen molar-refractivity contribution in [2.75, 3.05) is 18.4 Å². The molecule has 0 saturated carbocycles. The summed E-state index contributed by atoms with van der Waals surface area (Å²) < 4.78 is 1.97. The molecular formula is C15H21ClN4O. The van der Waals surface area contributed by atoms with E-state index in [4.69, 9.17) is 0 Å². The van der Waals surface area contributed by atoms with Gasteiger partial charge >= 0.3 is 0 Å². The van der Waals surface area contributed by atoms with Crippen molar-refractivity contribution < 1.29 is 4.79 Å². The summed E-state index contributed by atoms with van der Waals surface area (Å²) in [5.74, 6) is 0.186. The normalized spacial score (nSPS) is 18.0. The van der Waals surface area contributed by atoms with E-state index < -0.39 is 0 Å². The summed E-state index contributed by atoms with van der Waals surface area (Å²) in [5, 5.41) is 11.7. The fourth-order valence-corrected chi connectivity index (χ4v) is 2.65. The van der Waals surface area contributed by atoms with Crippen molar-refractivity contribution in [1.82, 2.24) is 15.1 Å². The minimum absolute atomic E-state index is 0. The zero-order chi connectivity index (χ0) is 14.1. The van der Waals surface area contributed by atoms with Crippen molar-refractivity contribution in [2.24, 2.45) is 5.92 Å². The van der Waals surface area contributed by atoms with E-state index in [9.17, 15) is 4.79 Å². The molecule has 1 saturated heterocycles. The highest BCUT2D eigenvalue weighted by Crippen LogP contribution is 2.22. The molecule has 0 spiro atoms. The Kier molecular flexibility index (Phi) is 4.85. The van der Waals surface area contributed by atoms with Crippen LogP contribution in [0.2, 0.25) is 0 Å². The maximum atomic E-state index is 12.1. The molecule has 1 atom stereocenters. The van der Waals surface area contributed by atoms with Crippen LogP contribution in [0.15, 0.2) is 24.4 Å². The molecule has 0 aliphatic carbocycles. The standard InChI is InChI=1S/C15H20N4O.ClH/c1-10(2)19-14-7-13(4-3-11(14)9-17-19)18-15(20)12-5-6-16-8-12;/h3-4,7,9-10,12,16H,5-6,8H2,1-2H3,(H,18,20);1H. The van der Waals surface area contributed by atoms with E-state index in [2.05, 4.69) is 29.6 Å². The number of halogens is 1. The highest BCUT2D eigenvalue weighted by molar-refractivity contribution is 5.95. The van der Waals surface area contributed by atoms with Gasteiger partial charge in [0.15, 0.2) is 0 Å². The largest absolute Gasteiger partial charge is 0.326 e. The fourth-order valence-electron chi connectivity index (χ4n) is 2.65. The molecule has 5 nitrogen and oxygen atoms in total. The van der Waals surface area contributed by atoms with Crippen molar-refractivity contribution in [3.8, 4) is 0 Å². The van der Waals surface area contributed by atoms with Crippen LogP contribution in [0.25, 0.3) is 10.9 Å². The van der Waals surface area contributed by atoms with Crippen LogP contribution in [0.1, 0.15) is 26.3 Å². The molecule has 1 amide bonds. The highest BCUT2D eigenvalue weighted by Gasteiger charge is 2.22. The monoisotopic (exact) mass is 308 g/mol. The van der Waals surface area contributed by atoms with Crippen LogP contribution >= 0.6 is 12.4 Å². The molecular weight excluding hydrogens is 288 g/mol. The lowest BCUT2D eigenvalue weighted by Gasteiger charge is -2.11. The quantitative estimate of drug-likeness (QED) is 0.916. The molecule has 1 fully saturated rings. The van der Waals surface area contributed by atoms with Crippen molar-refractivity contribution in [3.63, 3.8) is 0 Å². The predicted octanol–water partition coefficient (Wildman–Crippen LogP) is 2.59. The maximum Gasteiger partial charge on any atom is 0.228 e. The van der Waals surface area contributed by atoms with Crippen LogP contribution in [0.3, 0.4) is 0 Å². The average Bonchev–Trinajstić information content (AvgIpc) is 3.07. The predicted molar refractivity (Wildman–Crippen MR) is 87.0 cm³/mol. The van der Waals surface area contributed by atoms with E-state index in [1.165, 1.54) is 0 Å². The first kappa shape index (κ1) is 15.8. The molecule has 1 aliphatic heterocycles. The Morgan fingerprint density at radius 2 is 2.29 bits per heavy atom. The van der Waals surface area contributed by atoms with Gasteiger partial charge in [0.1, 0.15) is 0 Å². The Balaban J connectivity index is 0.00000161. The summed E-state index contributed by atoms with van der Waals surface area (Å²) in [6.07, 6.45) is 2.78. The van der Waals surface area contributed by atoms with Gasteiger partial charge < -0.3 is 10.6 Å². The lowest BCUT2D eigenvalue weighted by molar-refractivity contribution is -0.119. The maximum absolute atomic E-state index is 12.1. The van der Waals surface area contributed by atoms with Crippen LogP contribution in [-0.4, -0.2) is 28.8 Å². The number of hydrogen-bond acceptors (Lipinski definition) is 3. The molecule has 3 rings (SSSR count). The zero-order valence-electron chi connectivity index (χ0n) is 12.3. The number of aromatic nitrogens is 2. The summed E-state index contributed by atoms with van der Waals surface area (Å²) in [6.45, 7) is 5.90. The number of nitrogens with zero attached hydrogens (tertiary/aromatic N) is 2. The molecule has 114 valence electrons. The number of anilines is 1. The number of hydrogen-bond donors (Lipinski definition) is 2. The first-order chi connectivity index (χ1) is 9.65. The first-order valence-electron chi connectivity index (χ1n) is 7.14. The Bertz CT molecular complexity index is 632. The minimum Gasteiger partial charge on any atom is -0.326 e. The van der Waals surface area contributed by atoms with E-state index in [0.717, 1.165) is 36.1 Å². The Labute approximate surface area is 130 Å². The molecule has 21 heavy (non-hydrogen) atoms. The van der Waals surface area contributed by atoms with Crippen molar-refractivity contribution in [2.45, 2.75) is 26.3 Å². The SMILES string of the molecule is CC(C)n1ncc2ccc(NC(=O)C3CCNC3)cc21.Cl. The number of carbonyl (C=O) groups is 1. The molecule has 1 aromatic heterocycles. The number of fused-ring (bicyclic) bond motifs is 1. The molecule has 2 heterocycles. The van der Waals surface area contributed by atoms with Gasteiger partial charge in [0, 0.05) is 23.7 Å². The number of nitrogens with one attached hydrogen (secondary N) is 2. The second kappa shape index (κ2) is 6.45. The van der Waals surface area contributed by atoms with E-state index in [0.29, 0.717) is 6.04 Å². The van der Waals surface area contributed by atoms with E-state index in [-0.39, 0.29) is 24.2 Å². The van der Waals surface area contributed by atoms with Gasteiger partial charge in [-0.1, -0.05) is 0 Å². The number of amides is 1. The summed E-state index contributed by atoms with van der Waals surface area (Å²) in [7, 11) is 0. The van der Waals surface area contributed by atoms with Gasteiger partial charge in [-0.15, -0.1) is 12.4 Å².